The Labute approximate surface area is 169 Å². The van der Waals surface area contributed by atoms with E-state index in [1.54, 1.807) is 18.6 Å². The van der Waals surface area contributed by atoms with Crippen molar-refractivity contribution >= 4 is 16.8 Å². The molecule has 0 saturated carbocycles. The van der Waals surface area contributed by atoms with Crippen LogP contribution >= 0.6 is 0 Å². The Kier molecular flexibility index (Phi) is 5.33. The van der Waals surface area contributed by atoms with E-state index in [-0.39, 0.29) is 11.8 Å². The van der Waals surface area contributed by atoms with Gasteiger partial charge in [-0.2, -0.15) is 0 Å². The fourth-order valence-corrected chi connectivity index (χ4v) is 3.39. The van der Waals surface area contributed by atoms with Crippen LogP contribution in [0.2, 0.25) is 0 Å². The molecule has 0 saturated heterocycles. The largest absolute Gasteiger partial charge is 0.352 e. The smallest absolute Gasteiger partial charge is 0.252 e. The van der Waals surface area contributed by atoms with Gasteiger partial charge >= 0.3 is 0 Å². The number of amides is 1. The lowest BCUT2D eigenvalue weighted by Gasteiger charge is -2.15. The van der Waals surface area contributed by atoms with Gasteiger partial charge in [0.05, 0.1) is 16.8 Å². The van der Waals surface area contributed by atoms with Gasteiger partial charge in [0.2, 0.25) is 0 Å². The number of fused-ring (bicyclic) bond motifs is 1. The van der Waals surface area contributed by atoms with E-state index in [1.165, 1.54) is 0 Å². The number of rotatable bonds is 6. The number of aromatic nitrogens is 4. The summed E-state index contributed by atoms with van der Waals surface area (Å²) < 4.78 is 2.10. The molecule has 1 atom stereocenters. The van der Waals surface area contributed by atoms with Crippen molar-refractivity contribution in [1.29, 1.82) is 0 Å². The third-order valence-corrected chi connectivity index (χ3v) is 4.98. The highest BCUT2D eigenvalue weighted by Crippen LogP contribution is 2.24. The highest BCUT2D eigenvalue weighted by Gasteiger charge is 2.15. The van der Waals surface area contributed by atoms with E-state index in [0.29, 0.717) is 12.1 Å². The average molecular weight is 385 g/mol. The van der Waals surface area contributed by atoms with Gasteiger partial charge in [0.1, 0.15) is 5.82 Å². The second-order valence-electron chi connectivity index (χ2n) is 7.25. The number of pyridine rings is 2. The lowest BCUT2D eigenvalue weighted by Crippen LogP contribution is -2.30. The molecule has 4 aromatic rings. The number of para-hydroxylation sites is 1. The summed E-state index contributed by atoms with van der Waals surface area (Å²) in [6.45, 7) is 5.49. The van der Waals surface area contributed by atoms with Crippen molar-refractivity contribution in [2.75, 3.05) is 6.54 Å². The van der Waals surface area contributed by atoms with Crippen LogP contribution in [0.4, 0.5) is 0 Å². The number of imidazole rings is 1. The second-order valence-corrected chi connectivity index (χ2v) is 7.25. The molecule has 0 radical (unpaired) electrons. The van der Waals surface area contributed by atoms with Crippen LogP contribution in [0.5, 0.6) is 0 Å². The minimum Gasteiger partial charge on any atom is -0.352 e. The molecule has 29 heavy (non-hydrogen) atoms. The molecule has 3 aromatic heterocycles. The fraction of sp³-hybridized carbons (Fsp3) is 0.217. The normalized spacial score (nSPS) is 12.1. The lowest BCUT2D eigenvalue weighted by atomic mass is 10.0. The zero-order chi connectivity index (χ0) is 20.2. The van der Waals surface area contributed by atoms with Gasteiger partial charge < -0.3 is 9.88 Å². The molecule has 0 fully saturated rings. The van der Waals surface area contributed by atoms with Crippen LogP contribution in [0.3, 0.4) is 0 Å². The molecular formula is C23H23N5O. The first-order valence-corrected chi connectivity index (χ1v) is 9.68. The van der Waals surface area contributed by atoms with Crippen molar-refractivity contribution in [3.05, 3.63) is 78.6 Å². The monoisotopic (exact) mass is 385 g/mol. The van der Waals surface area contributed by atoms with Crippen LogP contribution in [0.25, 0.3) is 22.2 Å². The van der Waals surface area contributed by atoms with Crippen molar-refractivity contribution in [2.24, 2.45) is 5.92 Å². The standard InChI is InChI=1S/C23H23N5O/c1-16(15-28-12-11-25-17(28)2)14-26-23(29)20-13-22(18-7-9-24-10-8-18)27-21-6-4-3-5-19(20)21/h3-13,16H,14-15H2,1-2H3,(H,26,29). The minimum atomic E-state index is -0.0897. The maximum atomic E-state index is 13.0. The minimum absolute atomic E-state index is 0.0897. The summed E-state index contributed by atoms with van der Waals surface area (Å²) in [7, 11) is 0. The van der Waals surface area contributed by atoms with Gasteiger partial charge in [-0.3, -0.25) is 9.78 Å². The molecule has 146 valence electrons. The Hall–Kier alpha value is -3.54. The number of nitrogens with one attached hydrogen (secondary N) is 1. The summed E-state index contributed by atoms with van der Waals surface area (Å²) in [5.74, 6) is 1.16. The number of benzene rings is 1. The predicted octanol–water partition coefficient (Wildman–Crippen LogP) is 3.87. The molecule has 4 rings (SSSR count). The lowest BCUT2D eigenvalue weighted by molar-refractivity contribution is 0.0948. The van der Waals surface area contributed by atoms with Crippen LogP contribution in [0.1, 0.15) is 23.1 Å². The Morgan fingerprint density at radius 2 is 1.93 bits per heavy atom. The van der Waals surface area contributed by atoms with Crippen molar-refractivity contribution in [1.82, 2.24) is 24.8 Å². The summed E-state index contributed by atoms with van der Waals surface area (Å²) in [5, 5.41) is 3.94. The summed E-state index contributed by atoms with van der Waals surface area (Å²) in [4.78, 5) is 26.1. The summed E-state index contributed by atoms with van der Waals surface area (Å²) in [6.07, 6.45) is 7.22. The van der Waals surface area contributed by atoms with Gasteiger partial charge in [0.25, 0.3) is 5.91 Å². The molecule has 0 aliphatic heterocycles. The average Bonchev–Trinajstić information content (AvgIpc) is 3.16. The second kappa shape index (κ2) is 8.22. The first-order chi connectivity index (χ1) is 14.1. The first-order valence-electron chi connectivity index (χ1n) is 9.68. The van der Waals surface area contributed by atoms with Gasteiger partial charge in [-0.25, -0.2) is 9.97 Å². The number of carbonyl (C=O) groups excluding carboxylic acids is 1. The molecule has 0 bridgehead atoms. The van der Waals surface area contributed by atoms with Crippen LogP contribution in [-0.4, -0.2) is 32.0 Å². The Morgan fingerprint density at radius 3 is 2.69 bits per heavy atom. The van der Waals surface area contributed by atoms with Crippen LogP contribution in [0.15, 0.2) is 67.3 Å². The molecule has 6 heteroatoms. The number of aryl methyl sites for hydroxylation is 1. The molecule has 1 N–H and O–H groups in total. The maximum Gasteiger partial charge on any atom is 0.252 e. The number of nitrogens with zero attached hydrogens (tertiary/aromatic N) is 4. The molecule has 3 heterocycles. The van der Waals surface area contributed by atoms with Gasteiger partial charge in [0.15, 0.2) is 0 Å². The number of hydrogen-bond donors (Lipinski definition) is 1. The predicted molar refractivity (Wildman–Crippen MR) is 113 cm³/mol. The van der Waals surface area contributed by atoms with E-state index < -0.39 is 0 Å². The van der Waals surface area contributed by atoms with Gasteiger partial charge in [-0.15, -0.1) is 0 Å². The van der Waals surface area contributed by atoms with Crippen LogP contribution in [0, 0.1) is 12.8 Å². The van der Waals surface area contributed by atoms with E-state index in [4.69, 9.17) is 4.98 Å². The summed E-state index contributed by atoms with van der Waals surface area (Å²) >= 11 is 0. The van der Waals surface area contributed by atoms with Crippen molar-refractivity contribution in [2.45, 2.75) is 20.4 Å². The highest BCUT2D eigenvalue weighted by atomic mass is 16.1. The molecule has 6 nitrogen and oxygen atoms in total. The van der Waals surface area contributed by atoms with E-state index >= 15 is 0 Å². The molecule has 0 spiro atoms. The molecule has 0 aliphatic carbocycles. The Morgan fingerprint density at radius 1 is 1.14 bits per heavy atom. The first kappa shape index (κ1) is 18.8. The number of carbonyl (C=O) groups is 1. The van der Waals surface area contributed by atoms with Crippen molar-refractivity contribution < 1.29 is 4.79 Å². The topological polar surface area (TPSA) is 72.7 Å². The van der Waals surface area contributed by atoms with Crippen LogP contribution < -0.4 is 5.32 Å². The zero-order valence-electron chi connectivity index (χ0n) is 16.5. The fourth-order valence-electron chi connectivity index (χ4n) is 3.39. The molecule has 1 unspecified atom stereocenters. The summed E-state index contributed by atoms with van der Waals surface area (Å²) in [6, 6.07) is 13.4. The quantitative estimate of drug-likeness (QED) is 0.547. The Bertz CT molecular complexity index is 1140. The zero-order valence-corrected chi connectivity index (χ0v) is 16.5. The van der Waals surface area contributed by atoms with Crippen molar-refractivity contribution in [3.8, 4) is 11.3 Å². The molecule has 1 aromatic carbocycles. The third-order valence-electron chi connectivity index (χ3n) is 4.98. The third kappa shape index (κ3) is 4.16. The van der Waals surface area contributed by atoms with E-state index in [1.807, 2.05) is 55.6 Å². The van der Waals surface area contributed by atoms with E-state index in [2.05, 4.69) is 26.8 Å². The number of hydrogen-bond acceptors (Lipinski definition) is 4. The van der Waals surface area contributed by atoms with Gasteiger partial charge in [0, 0.05) is 48.8 Å². The van der Waals surface area contributed by atoms with E-state index in [0.717, 1.165) is 34.5 Å². The Balaban J connectivity index is 1.57. The van der Waals surface area contributed by atoms with Crippen molar-refractivity contribution in [3.63, 3.8) is 0 Å². The van der Waals surface area contributed by atoms with E-state index in [9.17, 15) is 4.79 Å². The van der Waals surface area contributed by atoms with Crippen LogP contribution in [-0.2, 0) is 6.54 Å². The SMILES string of the molecule is Cc1nccn1CC(C)CNC(=O)c1cc(-c2ccncc2)nc2ccccc12. The molecular weight excluding hydrogens is 362 g/mol. The summed E-state index contributed by atoms with van der Waals surface area (Å²) in [5.41, 5.74) is 3.13. The van der Waals surface area contributed by atoms with Gasteiger partial charge in [-0.1, -0.05) is 25.1 Å². The maximum absolute atomic E-state index is 13.0. The molecule has 1 amide bonds. The molecule has 0 aliphatic rings. The van der Waals surface area contributed by atoms with Gasteiger partial charge in [-0.05, 0) is 37.1 Å². The highest BCUT2D eigenvalue weighted by molar-refractivity contribution is 6.07.